The Morgan fingerprint density at radius 1 is 1.50 bits per heavy atom. The Morgan fingerprint density at radius 2 is 2.15 bits per heavy atom. The number of ether oxygens (including phenoxy) is 1. The molecule has 20 heavy (non-hydrogen) atoms. The summed E-state index contributed by atoms with van der Waals surface area (Å²) in [5, 5.41) is 19.9. The minimum atomic E-state index is -1.12. The van der Waals surface area contributed by atoms with Gasteiger partial charge in [-0.3, -0.25) is 10.1 Å². The summed E-state index contributed by atoms with van der Waals surface area (Å²) in [7, 11) is 1.68. The number of likely N-dealkylation sites (N-methyl/N-ethyl adjacent to an activating group) is 1. The number of non-ortho nitro benzene ring substituents is 1. The average molecular weight is 282 g/mol. The Balaban J connectivity index is 2.96. The molecular formula is C13H18N2O5. The van der Waals surface area contributed by atoms with E-state index >= 15 is 0 Å². The van der Waals surface area contributed by atoms with Crippen molar-refractivity contribution in [2.75, 3.05) is 25.1 Å². The number of nitro benzene ring substituents is 1. The first-order valence-corrected chi connectivity index (χ1v) is 6.17. The highest BCUT2D eigenvalue weighted by atomic mass is 16.6. The molecule has 0 aliphatic heterocycles. The number of hydrogen-bond donors (Lipinski definition) is 1. The van der Waals surface area contributed by atoms with Crippen LogP contribution in [0.25, 0.3) is 0 Å². The van der Waals surface area contributed by atoms with Crippen molar-refractivity contribution in [3.8, 4) is 0 Å². The number of rotatable bonds is 7. The van der Waals surface area contributed by atoms with Crippen molar-refractivity contribution in [1.29, 1.82) is 0 Å². The summed E-state index contributed by atoms with van der Waals surface area (Å²) in [6, 6.07) is 3.69. The molecule has 1 aromatic rings. The number of carboxylic acid groups (broad SMARTS) is 1. The molecule has 0 radical (unpaired) electrons. The fraction of sp³-hybridized carbons (Fsp3) is 0.462. The molecule has 7 nitrogen and oxygen atoms in total. The van der Waals surface area contributed by atoms with Crippen molar-refractivity contribution in [1.82, 2.24) is 0 Å². The second kappa shape index (κ2) is 6.85. The van der Waals surface area contributed by atoms with E-state index in [0.29, 0.717) is 18.8 Å². The van der Waals surface area contributed by atoms with E-state index in [1.54, 1.807) is 11.9 Å². The van der Waals surface area contributed by atoms with Crippen LogP contribution in [0, 0.1) is 10.1 Å². The quantitative estimate of drug-likeness (QED) is 0.608. The molecular weight excluding hydrogens is 264 g/mol. The third kappa shape index (κ3) is 4.20. The van der Waals surface area contributed by atoms with Crippen molar-refractivity contribution in [3.05, 3.63) is 33.9 Å². The molecule has 0 aromatic heterocycles. The van der Waals surface area contributed by atoms with Crippen LogP contribution in [0.5, 0.6) is 0 Å². The van der Waals surface area contributed by atoms with Crippen LogP contribution in [-0.2, 0) is 4.74 Å². The molecule has 1 N–H and O–H groups in total. The maximum atomic E-state index is 11.2. The van der Waals surface area contributed by atoms with Gasteiger partial charge in [0.05, 0.1) is 28.9 Å². The summed E-state index contributed by atoms with van der Waals surface area (Å²) in [5.74, 6) is -1.12. The van der Waals surface area contributed by atoms with Crippen molar-refractivity contribution >= 4 is 17.3 Å². The van der Waals surface area contributed by atoms with Crippen LogP contribution in [0.1, 0.15) is 24.2 Å². The number of benzene rings is 1. The fourth-order valence-corrected chi connectivity index (χ4v) is 1.68. The van der Waals surface area contributed by atoms with Crippen LogP contribution in [0.2, 0.25) is 0 Å². The van der Waals surface area contributed by atoms with Crippen LogP contribution in [0.15, 0.2) is 18.2 Å². The Kier molecular flexibility index (Phi) is 5.45. The summed E-state index contributed by atoms with van der Waals surface area (Å²) in [5.41, 5.74) is 0.198. The van der Waals surface area contributed by atoms with Gasteiger partial charge in [0, 0.05) is 25.7 Å². The van der Waals surface area contributed by atoms with Crippen molar-refractivity contribution in [2.45, 2.75) is 20.0 Å². The SMILES string of the molecule is CC(C)OCCN(C)c1cc([N+](=O)[O-])ccc1C(=O)O. The molecule has 0 amide bonds. The summed E-state index contributed by atoms with van der Waals surface area (Å²) in [6.07, 6.45) is 0.0763. The molecule has 0 unspecified atom stereocenters. The van der Waals surface area contributed by atoms with Crippen LogP contribution < -0.4 is 4.90 Å². The van der Waals surface area contributed by atoms with Crippen LogP contribution >= 0.6 is 0 Å². The number of carbonyl (C=O) groups is 1. The third-order valence-electron chi connectivity index (χ3n) is 2.71. The standard InChI is InChI=1S/C13H18N2O5/c1-9(2)20-7-6-14(3)12-8-10(15(18)19)4-5-11(12)13(16)17/h4-5,8-9H,6-7H2,1-3H3,(H,16,17). The number of hydrogen-bond acceptors (Lipinski definition) is 5. The molecule has 0 fully saturated rings. The zero-order valence-corrected chi connectivity index (χ0v) is 11.7. The van der Waals surface area contributed by atoms with Gasteiger partial charge in [-0.25, -0.2) is 4.79 Å². The van der Waals surface area contributed by atoms with E-state index in [2.05, 4.69) is 0 Å². The van der Waals surface area contributed by atoms with Crippen molar-refractivity contribution in [2.24, 2.45) is 0 Å². The van der Waals surface area contributed by atoms with Gasteiger partial charge >= 0.3 is 5.97 Å². The smallest absolute Gasteiger partial charge is 0.337 e. The molecule has 0 aliphatic rings. The summed E-state index contributed by atoms with van der Waals surface area (Å²) >= 11 is 0. The zero-order chi connectivity index (χ0) is 15.3. The molecule has 1 aromatic carbocycles. The van der Waals surface area contributed by atoms with Crippen LogP contribution in [-0.4, -0.2) is 42.3 Å². The minimum Gasteiger partial charge on any atom is -0.478 e. The lowest BCUT2D eigenvalue weighted by molar-refractivity contribution is -0.384. The number of nitrogens with zero attached hydrogens (tertiary/aromatic N) is 2. The van der Waals surface area contributed by atoms with E-state index in [1.807, 2.05) is 13.8 Å². The first-order chi connectivity index (χ1) is 9.32. The molecule has 0 bridgehead atoms. The van der Waals surface area contributed by atoms with Gasteiger partial charge in [-0.15, -0.1) is 0 Å². The molecule has 0 saturated heterocycles. The maximum Gasteiger partial charge on any atom is 0.337 e. The van der Waals surface area contributed by atoms with Gasteiger partial charge in [0.15, 0.2) is 0 Å². The molecule has 0 heterocycles. The highest BCUT2D eigenvalue weighted by molar-refractivity contribution is 5.95. The number of carboxylic acids is 1. The molecule has 0 atom stereocenters. The topological polar surface area (TPSA) is 92.9 Å². The Morgan fingerprint density at radius 3 is 2.65 bits per heavy atom. The third-order valence-corrected chi connectivity index (χ3v) is 2.71. The largest absolute Gasteiger partial charge is 0.478 e. The van der Waals surface area contributed by atoms with E-state index in [9.17, 15) is 14.9 Å². The second-order valence-corrected chi connectivity index (χ2v) is 4.60. The molecule has 1 rings (SSSR count). The lowest BCUT2D eigenvalue weighted by atomic mass is 10.1. The van der Waals surface area contributed by atoms with Gasteiger partial charge in [-0.2, -0.15) is 0 Å². The molecule has 110 valence electrons. The number of nitro groups is 1. The summed E-state index contributed by atoms with van der Waals surface area (Å²) in [6.45, 7) is 4.65. The minimum absolute atomic E-state index is 0.0302. The van der Waals surface area contributed by atoms with Crippen LogP contribution in [0.4, 0.5) is 11.4 Å². The summed E-state index contributed by atoms with van der Waals surface area (Å²) in [4.78, 5) is 23.0. The second-order valence-electron chi connectivity index (χ2n) is 4.60. The molecule has 0 spiro atoms. The Labute approximate surface area is 116 Å². The van der Waals surface area contributed by atoms with Crippen LogP contribution in [0.3, 0.4) is 0 Å². The summed E-state index contributed by atoms with van der Waals surface area (Å²) < 4.78 is 5.39. The fourth-order valence-electron chi connectivity index (χ4n) is 1.68. The van der Waals surface area contributed by atoms with E-state index in [0.717, 1.165) is 0 Å². The van der Waals surface area contributed by atoms with E-state index in [-0.39, 0.29) is 17.4 Å². The first-order valence-electron chi connectivity index (χ1n) is 6.17. The Hall–Kier alpha value is -2.15. The van der Waals surface area contributed by atoms with Gasteiger partial charge < -0.3 is 14.7 Å². The van der Waals surface area contributed by atoms with Gasteiger partial charge in [0.1, 0.15) is 0 Å². The predicted molar refractivity (Wildman–Crippen MR) is 74.4 cm³/mol. The normalized spacial score (nSPS) is 10.6. The highest BCUT2D eigenvalue weighted by Crippen LogP contribution is 2.25. The number of aromatic carboxylic acids is 1. The maximum absolute atomic E-state index is 11.2. The lowest BCUT2D eigenvalue weighted by Crippen LogP contribution is -2.25. The molecule has 7 heteroatoms. The highest BCUT2D eigenvalue weighted by Gasteiger charge is 2.18. The van der Waals surface area contributed by atoms with Crippen molar-refractivity contribution in [3.63, 3.8) is 0 Å². The lowest BCUT2D eigenvalue weighted by Gasteiger charge is -2.21. The molecule has 0 saturated carbocycles. The van der Waals surface area contributed by atoms with Gasteiger partial charge in [-0.1, -0.05) is 0 Å². The number of anilines is 1. The van der Waals surface area contributed by atoms with E-state index in [4.69, 9.17) is 9.84 Å². The van der Waals surface area contributed by atoms with E-state index < -0.39 is 10.9 Å². The predicted octanol–water partition coefficient (Wildman–Crippen LogP) is 2.15. The van der Waals surface area contributed by atoms with Gasteiger partial charge in [0.2, 0.25) is 0 Å². The van der Waals surface area contributed by atoms with Crippen molar-refractivity contribution < 1.29 is 19.6 Å². The Bertz CT molecular complexity index is 502. The molecule has 0 aliphatic carbocycles. The average Bonchev–Trinajstić information content (AvgIpc) is 2.37. The van der Waals surface area contributed by atoms with E-state index in [1.165, 1.54) is 18.2 Å². The monoisotopic (exact) mass is 282 g/mol. The van der Waals surface area contributed by atoms with Gasteiger partial charge in [0.25, 0.3) is 5.69 Å². The van der Waals surface area contributed by atoms with Gasteiger partial charge in [-0.05, 0) is 19.9 Å². The zero-order valence-electron chi connectivity index (χ0n) is 11.7. The first kappa shape index (κ1) is 15.9.